The Morgan fingerprint density at radius 2 is 2.04 bits per heavy atom. The maximum Gasteiger partial charge on any atom is 0.194 e. The van der Waals surface area contributed by atoms with Crippen molar-refractivity contribution in [1.82, 2.24) is 10.2 Å². The predicted molar refractivity (Wildman–Crippen MR) is 108 cm³/mol. The lowest BCUT2D eigenvalue weighted by Crippen LogP contribution is -2.49. The van der Waals surface area contributed by atoms with E-state index in [-0.39, 0.29) is 5.92 Å². The average Bonchev–Trinajstić information content (AvgIpc) is 3.16. The first-order chi connectivity index (χ1) is 12.3. The van der Waals surface area contributed by atoms with Gasteiger partial charge in [-0.2, -0.15) is 0 Å². The zero-order valence-electron chi connectivity index (χ0n) is 16.8. The van der Waals surface area contributed by atoms with Crippen LogP contribution in [0.3, 0.4) is 0 Å². The van der Waals surface area contributed by atoms with Crippen molar-refractivity contribution in [3.05, 3.63) is 0 Å². The molecule has 0 amide bonds. The maximum absolute atomic E-state index is 11.8. The van der Waals surface area contributed by atoms with Crippen LogP contribution in [0.1, 0.15) is 65.7 Å². The van der Waals surface area contributed by atoms with Crippen LogP contribution in [0.15, 0.2) is 4.99 Å². The fraction of sp³-hybridized carbons (Fsp3) is 0.950. The molecule has 3 fully saturated rings. The highest BCUT2D eigenvalue weighted by atomic mass is 32.2. The van der Waals surface area contributed by atoms with E-state index in [9.17, 15) is 8.42 Å². The number of guanidine groups is 1. The van der Waals surface area contributed by atoms with Gasteiger partial charge in [-0.1, -0.05) is 33.6 Å². The van der Waals surface area contributed by atoms with Crippen molar-refractivity contribution in [2.75, 3.05) is 31.1 Å². The normalized spacial score (nSPS) is 37.9. The first kappa shape index (κ1) is 20.0. The molecule has 2 aliphatic heterocycles. The van der Waals surface area contributed by atoms with Gasteiger partial charge < -0.3 is 10.2 Å². The molecule has 2 saturated heterocycles. The van der Waals surface area contributed by atoms with E-state index in [0.29, 0.717) is 35.4 Å². The molecule has 2 heterocycles. The van der Waals surface area contributed by atoms with Crippen LogP contribution in [-0.2, 0) is 9.84 Å². The average molecular weight is 384 g/mol. The second kappa shape index (κ2) is 8.07. The molecule has 0 radical (unpaired) electrons. The number of sulfone groups is 1. The number of aliphatic imine (C=N–C) groups is 1. The molecule has 3 aliphatic rings. The molecule has 0 bridgehead atoms. The van der Waals surface area contributed by atoms with Gasteiger partial charge >= 0.3 is 0 Å². The fourth-order valence-corrected chi connectivity index (χ4v) is 6.51. The smallest absolute Gasteiger partial charge is 0.194 e. The van der Waals surface area contributed by atoms with E-state index >= 15 is 0 Å². The van der Waals surface area contributed by atoms with Crippen molar-refractivity contribution < 1.29 is 8.42 Å². The summed E-state index contributed by atoms with van der Waals surface area (Å²) in [6.07, 6.45) is 8.31. The summed E-state index contributed by atoms with van der Waals surface area (Å²) in [6.45, 7) is 9.75. The van der Waals surface area contributed by atoms with Gasteiger partial charge in [-0.05, 0) is 49.4 Å². The van der Waals surface area contributed by atoms with Crippen molar-refractivity contribution in [3.8, 4) is 0 Å². The Labute approximate surface area is 159 Å². The maximum atomic E-state index is 11.8. The summed E-state index contributed by atoms with van der Waals surface area (Å²) in [5.74, 6) is 2.57. The fourth-order valence-electron chi connectivity index (χ4n) is 4.66. The molecule has 5 nitrogen and oxygen atoms in total. The van der Waals surface area contributed by atoms with Gasteiger partial charge in [-0.3, -0.25) is 4.99 Å². The first-order valence-electron chi connectivity index (χ1n) is 10.6. The summed E-state index contributed by atoms with van der Waals surface area (Å²) in [5.41, 5.74) is 0.372. The zero-order chi connectivity index (χ0) is 18.8. The summed E-state index contributed by atoms with van der Waals surface area (Å²) < 4.78 is 23.5. The molecular formula is C20H37N3O2S. The van der Waals surface area contributed by atoms with Gasteiger partial charge in [-0.15, -0.1) is 0 Å². The minimum absolute atomic E-state index is 0.195. The largest absolute Gasteiger partial charge is 0.353 e. The Morgan fingerprint density at radius 3 is 2.65 bits per heavy atom. The molecule has 0 spiro atoms. The number of rotatable bonds is 4. The van der Waals surface area contributed by atoms with Crippen LogP contribution in [0.5, 0.6) is 0 Å². The lowest BCUT2D eigenvalue weighted by atomic mass is 9.86. The SMILES string of the molecule is CCC1(C)CCN(C(=NCC2CCS(=O)(=O)C2)NC2CCCCC2C)C1. The lowest BCUT2D eigenvalue weighted by Gasteiger charge is -2.34. The van der Waals surface area contributed by atoms with E-state index in [1.165, 1.54) is 38.5 Å². The van der Waals surface area contributed by atoms with Crippen LogP contribution in [0.4, 0.5) is 0 Å². The van der Waals surface area contributed by atoms with Gasteiger partial charge in [0.15, 0.2) is 15.8 Å². The predicted octanol–water partition coefficient (Wildman–Crippen LogP) is 3.07. The van der Waals surface area contributed by atoms with Gasteiger partial charge in [0.2, 0.25) is 0 Å². The van der Waals surface area contributed by atoms with Gasteiger partial charge in [0.25, 0.3) is 0 Å². The summed E-state index contributed by atoms with van der Waals surface area (Å²) in [6, 6.07) is 0.503. The van der Waals surface area contributed by atoms with Gasteiger partial charge in [0, 0.05) is 25.7 Å². The van der Waals surface area contributed by atoms with Crippen molar-refractivity contribution in [3.63, 3.8) is 0 Å². The van der Waals surface area contributed by atoms with Crippen LogP contribution in [0.25, 0.3) is 0 Å². The highest BCUT2D eigenvalue weighted by Gasteiger charge is 2.35. The Hall–Kier alpha value is -0.780. The van der Waals surface area contributed by atoms with Gasteiger partial charge in [0.05, 0.1) is 11.5 Å². The van der Waals surface area contributed by atoms with Crippen molar-refractivity contribution in [2.24, 2.45) is 22.2 Å². The molecule has 4 atom stereocenters. The van der Waals surface area contributed by atoms with Crippen LogP contribution in [0.2, 0.25) is 0 Å². The number of likely N-dealkylation sites (tertiary alicyclic amines) is 1. The number of hydrogen-bond donors (Lipinski definition) is 1. The van der Waals surface area contributed by atoms with E-state index in [4.69, 9.17) is 4.99 Å². The molecule has 26 heavy (non-hydrogen) atoms. The number of nitrogens with zero attached hydrogens (tertiary/aromatic N) is 2. The molecule has 1 N–H and O–H groups in total. The van der Waals surface area contributed by atoms with E-state index in [1.54, 1.807) is 0 Å². The highest BCUT2D eigenvalue weighted by molar-refractivity contribution is 7.91. The Morgan fingerprint density at radius 1 is 1.27 bits per heavy atom. The lowest BCUT2D eigenvalue weighted by molar-refractivity contribution is 0.289. The van der Waals surface area contributed by atoms with Crippen LogP contribution in [0, 0.1) is 17.3 Å². The van der Waals surface area contributed by atoms with E-state index in [1.807, 2.05) is 0 Å². The second-order valence-electron chi connectivity index (χ2n) is 9.28. The summed E-state index contributed by atoms with van der Waals surface area (Å²) >= 11 is 0. The third kappa shape index (κ3) is 4.93. The Bertz CT molecular complexity index is 619. The highest BCUT2D eigenvalue weighted by Crippen LogP contribution is 2.33. The molecule has 150 valence electrons. The topological polar surface area (TPSA) is 61.8 Å². The Kier molecular flexibility index (Phi) is 6.20. The second-order valence-corrected chi connectivity index (χ2v) is 11.5. The van der Waals surface area contributed by atoms with Crippen LogP contribution in [-0.4, -0.2) is 56.5 Å². The molecule has 6 heteroatoms. The van der Waals surface area contributed by atoms with Gasteiger partial charge in [0.1, 0.15) is 0 Å². The molecule has 0 aromatic rings. The molecular weight excluding hydrogens is 346 g/mol. The molecule has 4 unspecified atom stereocenters. The molecule has 1 aliphatic carbocycles. The van der Waals surface area contributed by atoms with Crippen LogP contribution >= 0.6 is 0 Å². The molecule has 1 saturated carbocycles. The summed E-state index contributed by atoms with van der Waals surface area (Å²) in [5, 5.41) is 3.78. The van der Waals surface area contributed by atoms with E-state index in [0.717, 1.165) is 25.5 Å². The zero-order valence-corrected chi connectivity index (χ0v) is 17.7. The van der Waals surface area contributed by atoms with Crippen molar-refractivity contribution in [2.45, 2.75) is 71.8 Å². The van der Waals surface area contributed by atoms with Crippen molar-refractivity contribution in [1.29, 1.82) is 0 Å². The van der Waals surface area contributed by atoms with Crippen molar-refractivity contribution >= 4 is 15.8 Å². The number of nitrogens with one attached hydrogen (secondary N) is 1. The van der Waals surface area contributed by atoms with Crippen LogP contribution < -0.4 is 5.32 Å². The third-order valence-electron chi connectivity index (χ3n) is 6.96. The first-order valence-corrected chi connectivity index (χ1v) is 12.4. The monoisotopic (exact) mass is 383 g/mol. The van der Waals surface area contributed by atoms with E-state index in [2.05, 4.69) is 31.0 Å². The summed E-state index contributed by atoms with van der Waals surface area (Å²) in [7, 11) is -2.82. The molecule has 0 aromatic carbocycles. The minimum atomic E-state index is -2.82. The van der Waals surface area contributed by atoms with Gasteiger partial charge in [-0.25, -0.2) is 8.42 Å². The standard InChI is InChI=1S/C20H37N3O2S/c1-4-20(3)10-11-23(15-20)19(22-18-8-6-5-7-16(18)2)21-13-17-9-12-26(24,25)14-17/h16-18H,4-15H2,1-3H3,(H,21,22). The third-order valence-corrected chi connectivity index (χ3v) is 8.80. The quantitative estimate of drug-likeness (QED) is 0.599. The Balaban J connectivity index is 1.69. The molecule has 3 rings (SSSR count). The molecule has 0 aromatic heterocycles. The number of hydrogen-bond acceptors (Lipinski definition) is 3. The van der Waals surface area contributed by atoms with E-state index < -0.39 is 9.84 Å². The minimum Gasteiger partial charge on any atom is -0.353 e. The summed E-state index contributed by atoms with van der Waals surface area (Å²) in [4.78, 5) is 7.37.